The smallest absolute Gasteiger partial charge is 0.224 e. The van der Waals surface area contributed by atoms with Crippen molar-refractivity contribution < 1.29 is 4.79 Å². The highest BCUT2D eigenvalue weighted by Gasteiger charge is 2.33. The zero-order valence-corrected chi connectivity index (χ0v) is 17.0. The molecule has 0 aromatic heterocycles. The SMILES string of the molecule is CCN1C[C@@H](N(Cc2cc(Cl)ccc2Cl)c2ccc(C#N)c(Cl)c2)CC1=O. The molecular formula is C20H18Cl3N3O. The number of likely N-dealkylation sites (N-methyl/N-ethyl adjacent to an activating group) is 1. The summed E-state index contributed by atoms with van der Waals surface area (Å²) >= 11 is 18.8. The Bertz CT molecular complexity index is 910. The zero-order valence-electron chi connectivity index (χ0n) is 14.8. The third kappa shape index (κ3) is 4.32. The monoisotopic (exact) mass is 421 g/mol. The lowest BCUT2D eigenvalue weighted by Gasteiger charge is -2.31. The number of hydrogen-bond donors (Lipinski definition) is 0. The maximum atomic E-state index is 12.3. The molecule has 0 radical (unpaired) electrons. The Labute approximate surface area is 173 Å². The molecule has 0 N–H and O–H groups in total. The first-order valence-electron chi connectivity index (χ1n) is 8.61. The van der Waals surface area contributed by atoms with Crippen LogP contribution in [0.15, 0.2) is 36.4 Å². The van der Waals surface area contributed by atoms with Crippen molar-refractivity contribution in [3.63, 3.8) is 0 Å². The molecule has 1 saturated heterocycles. The Kier molecular flexibility index (Phi) is 6.16. The van der Waals surface area contributed by atoms with Crippen molar-refractivity contribution in [3.05, 3.63) is 62.6 Å². The van der Waals surface area contributed by atoms with Crippen LogP contribution in [0.4, 0.5) is 5.69 Å². The Morgan fingerprint density at radius 1 is 1.19 bits per heavy atom. The zero-order chi connectivity index (χ0) is 19.6. The van der Waals surface area contributed by atoms with E-state index in [0.29, 0.717) is 46.7 Å². The number of rotatable bonds is 5. The molecule has 0 unspecified atom stereocenters. The number of nitriles is 1. The van der Waals surface area contributed by atoms with Crippen LogP contribution in [0.5, 0.6) is 0 Å². The fraction of sp³-hybridized carbons (Fsp3) is 0.300. The van der Waals surface area contributed by atoms with Gasteiger partial charge in [0.05, 0.1) is 16.6 Å². The van der Waals surface area contributed by atoms with Gasteiger partial charge in [-0.05, 0) is 48.9 Å². The van der Waals surface area contributed by atoms with Crippen molar-refractivity contribution in [2.75, 3.05) is 18.0 Å². The number of amides is 1. The highest BCUT2D eigenvalue weighted by Crippen LogP contribution is 2.31. The Hall–Kier alpha value is -1.93. The Balaban J connectivity index is 1.99. The van der Waals surface area contributed by atoms with Crippen molar-refractivity contribution in [2.45, 2.75) is 25.9 Å². The van der Waals surface area contributed by atoms with Crippen LogP contribution in [0.25, 0.3) is 0 Å². The maximum absolute atomic E-state index is 12.3. The third-order valence-electron chi connectivity index (χ3n) is 4.77. The van der Waals surface area contributed by atoms with Crippen LogP contribution in [0, 0.1) is 11.3 Å². The van der Waals surface area contributed by atoms with Gasteiger partial charge in [0.15, 0.2) is 0 Å². The van der Waals surface area contributed by atoms with Gasteiger partial charge in [0.2, 0.25) is 5.91 Å². The molecule has 2 aromatic rings. The molecule has 1 heterocycles. The topological polar surface area (TPSA) is 47.3 Å². The fourth-order valence-corrected chi connectivity index (χ4v) is 3.91. The molecule has 27 heavy (non-hydrogen) atoms. The van der Waals surface area contributed by atoms with Gasteiger partial charge in [0.25, 0.3) is 0 Å². The molecule has 140 valence electrons. The quantitative estimate of drug-likeness (QED) is 0.670. The molecule has 0 aliphatic carbocycles. The summed E-state index contributed by atoms with van der Waals surface area (Å²) in [6.07, 6.45) is 0.420. The molecule has 1 atom stereocenters. The lowest BCUT2D eigenvalue weighted by atomic mass is 10.1. The van der Waals surface area contributed by atoms with E-state index >= 15 is 0 Å². The number of nitrogens with zero attached hydrogens (tertiary/aromatic N) is 3. The minimum Gasteiger partial charge on any atom is -0.362 e. The molecule has 3 rings (SSSR count). The summed E-state index contributed by atoms with van der Waals surface area (Å²) < 4.78 is 0. The van der Waals surface area contributed by atoms with Crippen LogP contribution in [-0.2, 0) is 11.3 Å². The molecule has 1 fully saturated rings. The van der Waals surface area contributed by atoms with Gasteiger partial charge in [-0.1, -0.05) is 34.8 Å². The third-order valence-corrected chi connectivity index (χ3v) is 5.69. The van der Waals surface area contributed by atoms with E-state index in [1.165, 1.54) is 0 Å². The van der Waals surface area contributed by atoms with E-state index in [-0.39, 0.29) is 11.9 Å². The highest BCUT2D eigenvalue weighted by molar-refractivity contribution is 6.33. The van der Waals surface area contributed by atoms with E-state index in [1.54, 1.807) is 24.3 Å². The van der Waals surface area contributed by atoms with Crippen LogP contribution < -0.4 is 4.90 Å². The van der Waals surface area contributed by atoms with Gasteiger partial charge >= 0.3 is 0 Å². The summed E-state index contributed by atoms with van der Waals surface area (Å²) in [6, 6.07) is 12.7. The second-order valence-corrected chi connectivity index (χ2v) is 7.68. The molecular weight excluding hydrogens is 405 g/mol. The molecule has 2 aromatic carbocycles. The highest BCUT2D eigenvalue weighted by atomic mass is 35.5. The first-order valence-corrected chi connectivity index (χ1v) is 9.74. The number of likely N-dealkylation sites (tertiary alicyclic amines) is 1. The molecule has 0 spiro atoms. The van der Waals surface area contributed by atoms with Gasteiger partial charge in [-0.25, -0.2) is 0 Å². The molecule has 1 aliphatic rings. The standard InChI is InChI=1S/C20H18Cl3N3O/c1-2-25-12-17(9-20(25)27)26(11-14-7-15(21)4-6-18(14)22)16-5-3-13(10-24)19(23)8-16/h3-8,17H,2,9,11-12H2,1H3/t17-/m0/s1. The first kappa shape index (κ1) is 19.8. The second kappa shape index (κ2) is 8.39. The van der Waals surface area contributed by atoms with Crippen LogP contribution in [-0.4, -0.2) is 29.9 Å². The largest absolute Gasteiger partial charge is 0.362 e. The van der Waals surface area contributed by atoms with Crippen molar-refractivity contribution in [3.8, 4) is 6.07 Å². The van der Waals surface area contributed by atoms with Crippen molar-refractivity contribution in [1.29, 1.82) is 5.26 Å². The number of anilines is 1. The van der Waals surface area contributed by atoms with Crippen molar-refractivity contribution >= 4 is 46.4 Å². The normalized spacial score (nSPS) is 16.5. The average Bonchev–Trinajstić information content (AvgIpc) is 3.02. The van der Waals surface area contributed by atoms with Gasteiger partial charge in [-0.3, -0.25) is 4.79 Å². The summed E-state index contributed by atoms with van der Waals surface area (Å²) in [5, 5.41) is 10.7. The maximum Gasteiger partial charge on any atom is 0.224 e. The first-order chi connectivity index (χ1) is 12.9. The Morgan fingerprint density at radius 3 is 2.59 bits per heavy atom. The van der Waals surface area contributed by atoms with Gasteiger partial charge in [0, 0.05) is 41.8 Å². The molecule has 1 aliphatic heterocycles. The van der Waals surface area contributed by atoms with Gasteiger partial charge in [0.1, 0.15) is 6.07 Å². The second-order valence-electron chi connectivity index (χ2n) is 6.43. The number of carbonyl (C=O) groups excluding carboxylic acids is 1. The van der Waals surface area contributed by atoms with Crippen LogP contribution in [0.2, 0.25) is 15.1 Å². The minimum absolute atomic E-state index is 0.0171. The lowest BCUT2D eigenvalue weighted by molar-refractivity contribution is -0.127. The van der Waals surface area contributed by atoms with Gasteiger partial charge < -0.3 is 9.80 Å². The van der Waals surface area contributed by atoms with Crippen LogP contribution >= 0.6 is 34.8 Å². The summed E-state index contributed by atoms with van der Waals surface area (Å²) in [7, 11) is 0. The predicted octanol–water partition coefficient (Wildman–Crippen LogP) is 5.15. The summed E-state index contributed by atoms with van der Waals surface area (Å²) in [4.78, 5) is 16.2. The predicted molar refractivity (Wildman–Crippen MR) is 109 cm³/mol. The van der Waals surface area contributed by atoms with E-state index in [2.05, 4.69) is 11.0 Å². The van der Waals surface area contributed by atoms with E-state index in [0.717, 1.165) is 11.3 Å². The molecule has 7 heteroatoms. The lowest BCUT2D eigenvalue weighted by Crippen LogP contribution is -2.37. The Morgan fingerprint density at radius 2 is 1.96 bits per heavy atom. The van der Waals surface area contributed by atoms with Gasteiger partial charge in [-0.2, -0.15) is 5.26 Å². The minimum atomic E-state index is -0.0171. The van der Waals surface area contributed by atoms with E-state index in [9.17, 15) is 4.79 Å². The molecule has 0 bridgehead atoms. The number of carbonyl (C=O) groups is 1. The fourth-order valence-electron chi connectivity index (χ4n) is 3.32. The molecule has 0 saturated carbocycles. The van der Waals surface area contributed by atoms with Gasteiger partial charge in [-0.15, -0.1) is 0 Å². The summed E-state index contributed by atoms with van der Waals surface area (Å²) in [5.41, 5.74) is 2.12. The summed E-state index contributed by atoms with van der Waals surface area (Å²) in [6.45, 7) is 3.76. The van der Waals surface area contributed by atoms with Crippen molar-refractivity contribution in [2.24, 2.45) is 0 Å². The van der Waals surface area contributed by atoms with Crippen molar-refractivity contribution in [1.82, 2.24) is 4.90 Å². The van der Waals surface area contributed by atoms with E-state index in [1.807, 2.05) is 24.0 Å². The number of benzene rings is 2. The molecule has 1 amide bonds. The van der Waals surface area contributed by atoms with E-state index < -0.39 is 0 Å². The molecule has 4 nitrogen and oxygen atoms in total. The number of hydrogen-bond acceptors (Lipinski definition) is 3. The van der Waals surface area contributed by atoms with Crippen LogP contribution in [0.1, 0.15) is 24.5 Å². The summed E-state index contributed by atoms with van der Waals surface area (Å²) in [5.74, 6) is 0.129. The number of halogens is 3. The average molecular weight is 423 g/mol. The van der Waals surface area contributed by atoms with E-state index in [4.69, 9.17) is 40.1 Å². The van der Waals surface area contributed by atoms with Crippen LogP contribution in [0.3, 0.4) is 0 Å².